The maximum Gasteiger partial charge on any atom is 0.340 e. The highest BCUT2D eigenvalue weighted by molar-refractivity contribution is 9.10. The van der Waals surface area contributed by atoms with Crippen molar-refractivity contribution < 1.29 is 24.5 Å². The van der Waals surface area contributed by atoms with E-state index in [0.29, 0.717) is 34.5 Å². The van der Waals surface area contributed by atoms with Gasteiger partial charge in [0.25, 0.3) is 5.97 Å². The van der Waals surface area contributed by atoms with E-state index in [1.54, 1.807) is 18.7 Å². The second kappa shape index (κ2) is 12.1. The van der Waals surface area contributed by atoms with E-state index >= 15 is 0 Å². The molecule has 0 fully saturated rings. The first-order chi connectivity index (χ1) is 15.6. The number of halogens is 1. The molecule has 0 amide bonds. The lowest BCUT2D eigenvalue weighted by Crippen LogP contribution is -2.13. The number of rotatable bonds is 7. The SMILES string of the molecule is CC(=O)O.CCOC(=O)c1c(CSc2ccccc2)n(C)c2cc(Br)c(O)c(CN(C)C)c12. The van der Waals surface area contributed by atoms with Crippen LogP contribution in [0.15, 0.2) is 45.8 Å². The number of carbonyl (C=O) groups excluding carboxylic acids is 1. The van der Waals surface area contributed by atoms with Crippen LogP contribution in [-0.2, 0) is 28.9 Å². The molecule has 0 saturated heterocycles. The van der Waals surface area contributed by atoms with E-state index in [4.69, 9.17) is 14.6 Å². The second-order valence-corrected chi connectivity index (χ2v) is 9.44. The van der Waals surface area contributed by atoms with Crippen molar-refractivity contribution in [3.8, 4) is 5.75 Å². The van der Waals surface area contributed by atoms with Gasteiger partial charge in [-0.15, -0.1) is 11.8 Å². The Hall–Kier alpha value is -2.49. The monoisotopic (exact) mass is 536 g/mol. The summed E-state index contributed by atoms with van der Waals surface area (Å²) in [6.45, 7) is 3.69. The summed E-state index contributed by atoms with van der Waals surface area (Å²) in [7, 11) is 5.82. The van der Waals surface area contributed by atoms with E-state index in [9.17, 15) is 9.90 Å². The molecule has 0 aliphatic carbocycles. The number of carboxylic acids is 1. The molecule has 0 spiro atoms. The highest BCUT2D eigenvalue weighted by Gasteiger charge is 2.27. The van der Waals surface area contributed by atoms with Gasteiger partial charge in [-0.2, -0.15) is 0 Å². The predicted octanol–water partition coefficient (Wildman–Crippen LogP) is 5.27. The van der Waals surface area contributed by atoms with Gasteiger partial charge in [0.05, 0.1) is 22.2 Å². The Balaban J connectivity index is 0.000000890. The number of thioether (sulfide) groups is 1. The first-order valence-corrected chi connectivity index (χ1v) is 12.1. The number of ether oxygens (including phenoxy) is 1. The number of aromatic nitrogens is 1. The number of benzene rings is 2. The molecule has 0 atom stereocenters. The quantitative estimate of drug-likeness (QED) is 0.314. The minimum Gasteiger partial charge on any atom is -0.506 e. The Labute approximate surface area is 206 Å². The van der Waals surface area contributed by atoms with Gasteiger partial charge >= 0.3 is 5.97 Å². The Bertz CT molecular complexity index is 1130. The smallest absolute Gasteiger partial charge is 0.340 e. The van der Waals surface area contributed by atoms with E-state index in [1.807, 2.05) is 54.9 Å². The molecule has 3 rings (SSSR count). The lowest BCUT2D eigenvalue weighted by molar-refractivity contribution is -0.134. The van der Waals surface area contributed by atoms with Gasteiger partial charge in [-0.3, -0.25) is 4.79 Å². The largest absolute Gasteiger partial charge is 0.506 e. The van der Waals surface area contributed by atoms with Crippen LogP contribution in [0.1, 0.15) is 35.5 Å². The molecular weight excluding hydrogens is 508 g/mol. The molecule has 0 aliphatic heterocycles. The zero-order chi connectivity index (χ0) is 24.7. The van der Waals surface area contributed by atoms with Crippen LogP contribution in [-0.4, -0.2) is 52.3 Å². The zero-order valence-corrected chi connectivity index (χ0v) is 21.8. The summed E-state index contributed by atoms with van der Waals surface area (Å²) in [5, 5.41) is 18.9. The molecule has 2 N–H and O–H groups in total. The molecular formula is C24H29BrN2O5S. The van der Waals surface area contributed by atoms with Crippen LogP contribution < -0.4 is 0 Å². The van der Waals surface area contributed by atoms with Crippen LogP contribution in [0, 0.1) is 0 Å². The van der Waals surface area contributed by atoms with E-state index in [1.165, 1.54) is 0 Å². The van der Waals surface area contributed by atoms with Crippen molar-refractivity contribution in [2.24, 2.45) is 7.05 Å². The van der Waals surface area contributed by atoms with E-state index in [-0.39, 0.29) is 11.7 Å². The Morgan fingerprint density at radius 1 is 1.21 bits per heavy atom. The fourth-order valence-electron chi connectivity index (χ4n) is 3.41. The number of aromatic hydroxyl groups is 1. The minimum absolute atomic E-state index is 0.157. The Morgan fingerprint density at radius 3 is 2.36 bits per heavy atom. The molecule has 7 nitrogen and oxygen atoms in total. The summed E-state index contributed by atoms with van der Waals surface area (Å²) in [5.41, 5.74) is 3.02. The minimum atomic E-state index is -0.833. The number of aliphatic carboxylic acids is 1. The van der Waals surface area contributed by atoms with Crippen molar-refractivity contribution >= 4 is 50.5 Å². The number of phenolic OH excluding ortho intramolecular Hbond substituents is 1. The van der Waals surface area contributed by atoms with Gasteiger partial charge in [-0.25, -0.2) is 4.79 Å². The lowest BCUT2D eigenvalue weighted by Gasteiger charge is -2.15. The van der Waals surface area contributed by atoms with Crippen LogP contribution in [0.25, 0.3) is 10.9 Å². The average Bonchev–Trinajstić information content (AvgIpc) is 3.01. The highest BCUT2D eigenvalue weighted by Crippen LogP contribution is 2.41. The van der Waals surface area contributed by atoms with Gasteiger partial charge in [0.2, 0.25) is 0 Å². The number of nitrogens with zero attached hydrogens (tertiary/aromatic N) is 2. The molecule has 0 unspecified atom stereocenters. The van der Waals surface area contributed by atoms with E-state index in [0.717, 1.165) is 28.4 Å². The first-order valence-electron chi connectivity index (χ1n) is 10.3. The standard InChI is InChI=1S/C22H25BrN2O3S.C2H4O2/c1-5-28-22(27)20-18(13-29-14-9-7-6-8-10-14)25(4)17-11-16(23)21(26)15(19(17)20)12-24(2)3;1-2(3)4/h6-11,26H,5,12-13H2,1-4H3;1H3,(H,3,4). The third kappa shape index (κ3) is 6.75. The summed E-state index contributed by atoms with van der Waals surface area (Å²) in [4.78, 5) is 25.1. The predicted molar refractivity (Wildman–Crippen MR) is 135 cm³/mol. The number of hydrogen-bond donors (Lipinski definition) is 2. The van der Waals surface area contributed by atoms with Gasteiger partial charge in [-0.1, -0.05) is 18.2 Å². The maximum absolute atomic E-state index is 13.0. The van der Waals surface area contributed by atoms with Crippen molar-refractivity contribution in [1.82, 2.24) is 9.47 Å². The summed E-state index contributed by atoms with van der Waals surface area (Å²) >= 11 is 5.13. The molecule has 0 aliphatic rings. The maximum atomic E-state index is 13.0. The van der Waals surface area contributed by atoms with Crippen LogP contribution in [0.5, 0.6) is 5.75 Å². The van der Waals surface area contributed by atoms with Crippen molar-refractivity contribution in [1.29, 1.82) is 0 Å². The lowest BCUT2D eigenvalue weighted by atomic mass is 10.0. The molecule has 3 aromatic rings. The van der Waals surface area contributed by atoms with Gasteiger partial charge in [0.1, 0.15) is 5.75 Å². The first kappa shape index (κ1) is 26.8. The van der Waals surface area contributed by atoms with Crippen LogP contribution >= 0.6 is 27.7 Å². The molecule has 1 heterocycles. The van der Waals surface area contributed by atoms with Gasteiger partial charge in [-0.05, 0) is 55.1 Å². The third-order valence-corrected chi connectivity index (χ3v) is 6.34. The number of carboxylic acid groups (broad SMARTS) is 1. The van der Waals surface area contributed by atoms with Gasteiger partial charge < -0.3 is 24.4 Å². The van der Waals surface area contributed by atoms with Crippen molar-refractivity contribution in [3.05, 3.63) is 57.7 Å². The topological polar surface area (TPSA) is 92.0 Å². The fourth-order valence-corrected chi connectivity index (χ4v) is 4.86. The number of fused-ring (bicyclic) bond motifs is 1. The number of aryl methyl sites for hydroxylation is 1. The van der Waals surface area contributed by atoms with Crippen molar-refractivity contribution in [2.45, 2.75) is 31.0 Å². The number of carbonyl (C=O) groups is 2. The van der Waals surface area contributed by atoms with Crippen molar-refractivity contribution in [2.75, 3.05) is 20.7 Å². The van der Waals surface area contributed by atoms with Gasteiger partial charge in [0, 0.05) is 47.8 Å². The Kier molecular flexibility index (Phi) is 9.82. The summed E-state index contributed by atoms with van der Waals surface area (Å²) < 4.78 is 8.04. The van der Waals surface area contributed by atoms with Crippen LogP contribution in [0.2, 0.25) is 0 Å². The number of hydrogen-bond acceptors (Lipinski definition) is 6. The molecule has 33 heavy (non-hydrogen) atoms. The Morgan fingerprint density at radius 2 is 1.82 bits per heavy atom. The molecule has 0 saturated carbocycles. The summed E-state index contributed by atoms with van der Waals surface area (Å²) in [6, 6.07) is 12.0. The average molecular weight is 537 g/mol. The molecule has 178 valence electrons. The molecule has 0 radical (unpaired) electrons. The molecule has 0 bridgehead atoms. The van der Waals surface area contributed by atoms with Gasteiger partial charge in [0.15, 0.2) is 0 Å². The second-order valence-electron chi connectivity index (χ2n) is 7.54. The number of esters is 1. The summed E-state index contributed by atoms with van der Waals surface area (Å²) in [5.74, 6) is -0.420. The third-order valence-electron chi connectivity index (χ3n) is 4.71. The van der Waals surface area contributed by atoms with Crippen LogP contribution in [0.4, 0.5) is 0 Å². The highest BCUT2D eigenvalue weighted by atomic mass is 79.9. The van der Waals surface area contributed by atoms with Crippen molar-refractivity contribution in [3.63, 3.8) is 0 Å². The number of phenols is 1. The molecule has 1 aromatic heterocycles. The summed E-state index contributed by atoms with van der Waals surface area (Å²) in [6.07, 6.45) is 0. The fraction of sp³-hybridized carbons (Fsp3) is 0.333. The van der Waals surface area contributed by atoms with E-state index < -0.39 is 5.97 Å². The zero-order valence-electron chi connectivity index (χ0n) is 19.4. The molecule has 2 aromatic carbocycles. The normalized spacial score (nSPS) is 10.8. The molecule has 9 heteroatoms. The van der Waals surface area contributed by atoms with Crippen LogP contribution in [0.3, 0.4) is 0 Å². The van der Waals surface area contributed by atoms with E-state index in [2.05, 4.69) is 28.1 Å².